The third kappa shape index (κ3) is 4.70. The van der Waals surface area contributed by atoms with Gasteiger partial charge in [-0.15, -0.1) is 0 Å². The Kier molecular flexibility index (Phi) is 6.32. The van der Waals surface area contributed by atoms with E-state index >= 15 is 0 Å². The summed E-state index contributed by atoms with van der Waals surface area (Å²) in [5.41, 5.74) is 2.03. The molecule has 1 heterocycles. The number of benzene rings is 3. The van der Waals surface area contributed by atoms with Crippen molar-refractivity contribution in [2.24, 2.45) is 0 Å². The number of ether oxygens (including phenoxy) is 2. The van der Waals surface area contributed by atoms with Gasteiger partial charge in [0.05, 0.1) is 17.7 Å². The van der Waals surface area contributed by atoms with Crippen LogP contribution in [-0.2, 0) is 21.2 Å². The normalized spacial score (nSPS) is 13.2. The van der Waals surface area contributed by atoms with Crippen LogP contribution in [0.3, 0.4) is 0 Å². The molecule has 0 spiro atoms. The molecule has 0 saturated heterocycles. The fourth-order valence-electron chi connectivity index (χ4n) is 3.63. The van der Waals surface area contributed by atoms with Gasteiger partial charge in [-0.2, -0.15) is 0 Å². The second-order valence-corrected chi connectivity index (χ2v) is 9.22. The van der Waals surface area contributed by atoms with Gasteiger partial charge in [-0.25, -0.2) is 8.42 Å². The van der Waals surface area contributed by atoms with Crippen molar-refractivity contribution >= 4 is 27.3 Å². The van der Waals surface area contributed by atoms with Gasteiger partial charge in [0.1, 0.15) is 11.5 Å². The Morgan fingerprint density at radius 2 is 1.78 bits per heavy atom. The van der Waals surface area contributed by atoms with Crippen LogP contribution in [0, 0.1) is 0 Å². The van der Waals surface area contributed by atoms with E-state index in [4.69, 9.17) is 9.47 Å². The molecule has 1 N–H and O–H groups in total. The van der Waals surface area contributed by atoms with Crippen molar-refractivity contribution in [3.63, 3.8) is 0 Å². The quantitative estimate of drug-likeness (QED) is 0.589. The standard InChI is InChI=1S/C24H24N2O5S/c1-30-20-8-5-9-21(16-20)31-17-24(27)25-19-13-12-18-7-6-14-26(23(18)15-19)32(28,29)22-10-3-2-4-11-22/h2-5,8-13,15-16H,6-7,14,17H2,1H3,(H,25,27). The first-order valence-electron chi connectivity index (χ1n) is 10.2. The molecule has 8 heteroatoms. The molecule has 0 fully saturated rings. The molecule has 1 aliphatic heterocycles. The summed E-state index contributed by atoms with van der Waals surface area (Å²) in [5, 5.41) is 2.79. The highest BCUT2D eigenvalue weighted by Gasteiger charge is 2.29. The number of anilines is 2. The molecule has 4 rings (SSSR count). The van der Waals surface area contributed by atoms with Gasteiger partial charge in [-0.1, -0.05) is 30.3 Å². The molecule has 0 unspecified atom stereocenters. The zero-order chi connectivity index (χ0) is 22.6. The minimum Gasteiger partial charge on any atom is -0.497 e. The van der Waals surface area contributed by atoms with Gasteiger partial charge in [0.2, 0.25) is 0 Å². The zero-order valence-electron chi connectivity index (χ0n) is 17.7. The number of sulfonamides is 1. The Morgan fingerprint density at radius 1 is 1.00 bits per heavy atom. The van der Waals surface area contributed by atoms with Gasteiger partial charge < -0.3 is 14.8 Å². The van der Waals surface area contributed by atoms with Crippen molar-refractivity contribution < 1.29 is 22.7 Å². The van der Waals surface area contributed by atoms with E-state index in [-0.39, 0.29) is 17.4 Å². The summed E-state index contributed by atoms with van der Waals surface area (Å²) < 4.78 is 38.5. The van der Waals surface area contributed by atoms with E-state index in [2.05, 4.69) is 5.32 Å². The topological polar surface area (TPSA) is 84.9 Å². The van der Waals surface area contributed by atoms with Crippen molar-refractivity contribution in [2.45, 2.75) is 17.7 Å². The van der Waals surface area contributed by atoms with Crippen LogP contribution in [0.1, 0.15) is 12.0 Å². The predicted molar refractivity (Wildman–Crippen MR) is 123 cm³/mol. The summed E-state index contributed by atoms with van der Waals surface area (Å²) in [6.45, 7) is 0.205. The molecule has 3 aromatic rings. The van der Waals surface area contributed by atoms with Gasteiger partial charge in [-0.3, -0.25) is 9.10 Å². The Hall–Kier alpha value is -3.52. The number of nitrogens with one attached hydrogen (secondary N) is 1. The number of fused-ring (bicyclic) bond motifs is 1. The van der Waals surface area contributed by atoms with E-state index in [1.807, 2.05) is 6.07 Å². The van der Waals surface area contributed by atoms with Crippen LogP contribution < -0.4 is 19.1 Å². The number of aryl methyl sites for hydroxylation is 1. The molecule has 3 aromatic carbocycles. The minimum absolute atomic E-state index is 0.184. The lowest BCUT2D eigenvalue weighted by molar-refractivity contribution is -0.118. The SMILES string of the molecule is COc1cccc(OCC(=O)Nc2ccc3c(c2)N(S(=O)(=O)c2ccccc2)CCC3)c1. The van der Waals surface area contributed by atoms with Crippen LogP contribution in [0.15, 0.2) is 77.7 Å². The molecule has 32 heavy (non-hydrogen) atoms. The summed E-state index contributed by atoms with van der Waals surface area (Å²) in [6.07, 6.45) is 1.52. The van der Waals surface area contributed by atoms with Gasteiger partial charge in [0.15, 0.2) is 6.61 Å². The average Bonchev–Trinajstić information content (AvgIpc) is 2.83. The minimum atomic E-state index is -3.69. The van der Waals surface area contributed by atoms with E-state index in [1.165, 1.54) is 4.31 Å². The van der Waals surface area contributed by atoms with Crippen molar-refractivity contribution in [1.29, 1.82) is 0 Å². The lowest BCUT2D eigenvalue weighted by Crippen LogP contribution is -2.35. The fraction of sp³-hybridized carbons (Fsp3) is 0.208. The average molecular weight is 453 g/mol. The maximum atomic E-state index is 13.2. The van der Waals surface area contributed by atoms with Crippen LogP contribution in [0.25, 0.3) is 0 Å². The molecule has 0 atom stereocenters. The molecule has 1 aliphatic rings. The lowest BCUT2D eigenvalue weighted by Gasteiger charge is -2.31. The maximum Gasteiger partial charge on any atom is 0.264 e. The Balaban J connectivity index is 1.50. The highest BCUT2D eigenvalue weighted by molar-refractivity contribution is 7.92. The molecule has 0 aromatic heterocycles. The second kappa shape index (κ2) is 9.32. The largest absolute Gasteiger partial charge is 0.497 e. The lowest BCUT2D eigenvalue weighted by atomic mass is 10.0. The summed E-state index contributed by atoms with van der Waals surface area (Å²) in [4.78, 5) is 12.7. The summed E-state index contributed by atoms with van der Waals surface area (Å²) >= 11 is 0. The number of carbonyl (C=O) groups excluding carboxylic acids is 1. The first-order valence-corrected chi connectivity index (χ1v) is 11.7. The monoisotopic (exact) mass is 452 g/mol. The van der Waals surface area contributed by atoms with Gasteiger partial charge in [-0.05, 0) is 54.8 Å². The van der Waals surface area contributed by atoms with Crippen LogP contribution in [0.5, 0.6) is 11.5 Å². The first kappa shape index (κ1) is 21.7. The number of amides is 1. The van der Waals surface area contributed by atoms with E-state index < -0.39 is 10.0 Å². The fourth-order valence-corrected chi connectivity index (χ4v) is 5.18. The number of methoxy groups -OCH3 is 1. The first-order chi connectivity index (χ1) is 15.5. The van der Waals surface area contributed by atoms with Crippen LogP contribution in [0.2, 0.25) is 0 Å². The number of hydrogen-bond acceptors (Lipinski definition) is 5. The molecule has 0 aliphatic carbocycles. The molecule has 1 amide bonds. The maximum absolute atomic E-state index is 13.2. The molecule has 166 valence electrons. The van der Waals surface area contributed by atoms with E-state index in [9.17, 15) is 13.2 Å². The van der Waals surface area contributed by atoms with Crippen LogP contribution in [0.4, 0.5) is 11.4 Å². The molecule has 0 saturated carbocycles. The molecular formula is C24H24N2O5S. The Bertz CT molecular complexity index is 1210. The van der Waals surface area contributed by atoms with Gasteiger partial charge in [0.25, 0.3) is 15.9 Å². The summed E-state index contributed by atoms with van der Waals surface area (Å²) in [6, 6.07) is 20.7. The van der Waals surface area contributed by atoms with E-state index in [0.717, 1.165) is 18.4 Å². The molecular weight excluding hydrogens is 428 g/mol. The van der Waals surface area contributed by atoms with Crippen molar-refractivity contribution in [1.82, 2.24) is 0 Å². The van der Waals surface area contributed by atoms with Crippen molar-refractivity contribution in [3.05, 3.63) is 78.4 Å². The Morgan fingerprint density at radius 3 is 2.56 bits per heavy atom. The van der Waals surface area contributed by atoms with Crippen molar-refractivity contribution in [2.75, 3.05) is 29.9 Å². The number of carbonyl (C=O) groups is 1. The third-order valence-electron chi connectivity index (χ3n) is 5.19. The number of nitrogens with zero attached hydrogens (tertiary/aromatic N) is 1. The Labute approximate surface area is 187 Å². The molecule has 0 bridgehead atoms. The predicted octanol–water partition coefficient (Wildman–Crippen LogP) is 3.85. The highest BCUT2D eigenvalue weighted by atomic mass is 32.2. The van der Waals surface area contributed by atoms with Crippen LogP contribution >= 0.6 is 0 Å². The van der Waals surface area contributed by atoms with Crippen molar-refractivity contribution in [3.8, 4) is 11.5 Å². The highest BCUT2D eigenvalue weighted by Crippen LogP contribution is 2.34. The van der Waals surface area contributed by atoms with E-state index in [0.29, 0.717) is 29.4 Å². The van der Waals surface area contributed by atoms with Crippen LogP contribution in [-0.4, -0.2) is 34.6 Å². The number of hydrogen-bond donors (Lipinski definition) is 1. The molecule has 7 nitrogen and oxygen atoms in total. The van der Waals surface area contributed by atoms with E-state index in [1.54, 1.807) is 73.8 Å². The summed E-state index contributed by atoms with van der Waals surface area (Å²) in [7, 11) is -2.13. The smallest absolute Gasteiger partial charge is 0.264 e. The second-order valence-electron chi connectivity index (χ2n) is 7.35. The van der Waals surface area contributed by atoms with Gasteiger partial charge in [0, 0.05) is 18.3 Å². The van der Waals surface area contributed by atoms with Gasteiger partial charge >= 0.3 is 0 Å². The molecule has 0 radical (unpaired) electrons. The summed E-state index contributed by atoms with van der Waals surface area (Å²) in [5.74, 6) is 0.809. The number of rotatable bonds is 7. The zero-order valence-corrected chi connectivity index (χ0v) is 18.5. The third-order valence-corrected chi connectivity index (χ3v) is 7.01.